The molecule has 1 atom stereocenters. The predicted molar refractivity (Wildman–Crippen MR) is 146 cm³/mol. The Balaban J connectivity index is 1.93. The molecule has 37 heavy (non-hydrogen) atoms. The average molecular weight is 550 g/mol. The average Bonchev–Trinajstić information content (AvgIpc) is 3.36. The van der Waals surface area contributed by atoms with E-state index in [4.69, 9.17) is 16.3 Å². The molecule has 2 aromatic rings. The summed E-state index contributed by atoms with van der Waals surface area (Å²) < 4.78 is 31.7. The number of halogens is 1. The van der Waals surface area contributed by atoms with Crippen molar-refractivity contribution in [2.75, 3.05) is 24.2 Å². The molecule has 0 saturated heterocycles. The Morgan fingerprint density at radius 3 is 2.32 bits per heavy atom. The van der Waals surface area contributed by atoms with Gasteiger partial charge in [0.25, 0.3) is 0 Å². The summed E-state index contributed by atoms with van der Waals surface area (Å²) in [6.07, 6.45) is 5.41. The van der Waals surface area contributed by atoms with E-state index in [0.717, 1.165) is 47.4 Å². The van der Waals surface area contributed by atoms with Gasteiger partial charge in [-0.2, -0.15) is 0 Å². The molecule has 1 aliphatic carbocycles. The number of ether oxygens (including phenoxy) is 1. The molecule has 1 aliphatic rings. The molecule has 10 heteroatoms. The fourth-order valence-corrected chi connectivity index (χ4v) is 5.58. The minimum Gasteiger partial charge on any atom is -0.497 e. The molecule has 0 unspecified atom stereocenters. The van der Waals surface area contributed by atoms with Crippen LogP contribution in [0.1, 0.15) is 50.2 Å². The maximum absolute atomic E-state index is 13.8. The van der Waals surface area contributed by atoms with E-state index in [1.807, 2.05) is 26.0 Å². The monoisotopic (exact) mass is 549 g/mol. The maximum Gasteiger partial charge on any atom is 0.244 e. The van der Waals surface area contributed by atoms with Crippen LogP contribution in [0.25, 0.3) is 0 Å². The van der Waals surface area contributed by atoms with Crippen LogP contribution in [0, 0.1) is 6.92 Å². The highest BCUT2D eigenvalue weighted by molar-refractivity contribution is 7.92. The number of benzene rings is 2. The number of rotatable bonds is 11. The topological polar surface area (TPSA) is 96.0 Å². The van der Waals surface area contributed by atoms with Gasteiger partial charge in [0.2, 0.25) is 21.8 Å². The van der Waals surface area contributed by atoms with Gasteiger partial charge in [-0.05, 0) is 61.6 Å². The number of anilines is 1. The van der Waals surface area contributed by atoms with E-state index >= 15 is 0 Å². The van der Waals surface area contributed by atoms with Gasteiger partial charge in [-0.25, -0.2) is 8.42 Å². The van der Waals surface area contributed by atoms with Crippen molar-refractivity contribution in [3.8, 4) is 5.75 Å². The van der Waals surface area contributed by atoms with Gasteiger partial charge in [0.15, 0.2) is 0 Å². The number of carbonyl (C=O) groups excluding carboxylic acids is 2. The summed E-state index contributed by atoms with van der Waals surface area (Å²) in [4.78, 5) is 28.6. The van der Waals surface area contributed by atoms with Gasteiger partial charge in [-0.15, -0.1) is 0 Å². The summed E-state index contributed by atoms with van der Waals surface area (Å²) >= 11 is 6.25. The molecule has 2 amide bonds. The quantitative estimate of drug-likeness (QED) is 0.451. The van der Waals surface area contributed by atoms with Crippen molar-refractivity contribution in [3.05, 3.63) is 58.6 Å². The minimum absolute atomic E-state index is 0.0988. The zero-order valence-electron chi connectivity index (χ0n) is 21.9. The van der Waals surface area contributed by atoms with Gasteiger partial charge in [0.1, 0.15) is 18.3 Å². The van der Waals surface area contributed by atoms with Crippen LogP contribution in [-0.4, -0.2) is 57.1 Å². The number of carbonyl (C=O) groups is 2. The Kier molecular flexibility index (Phi) is 9.84. The molecule has 0 radical (unpaired) electrons. The van der Waals surface area contributed by atoms with Crippen molar-refractivity contribution >= 4 is 39.1 Å². The largest absolute Gasteiger partial charge is 0.497 e. The third-order valence-electron chi connectivity index (χ3n) is 6.72. The van der Waals surface area contributed by atoms with Crippen LogP contribution in [0.2, 0.25) is 5.02 Å². The number of hydrogen-bond acceptors (Lipinski definition) is 5. The normalized spacial score (nSPS) is 14.7. The van der Waals surface area contributed by atoms with E-state index in [1.54, 1.807) is 31.4 Å². The van der Waals surface area contributed by atoms with Crippen LogP contribution in [0.5, 0.6) is 5.75 Å². The second-order valence-electron chi connectivity index (χ2n) is 9.49. The molecular formula is C27H36ClN3O5S. The number of hydrogen-bond donors (Lipinski definition) is 1. The van der Waals surface area contributed by atoms with Crippen LogP contribution in [0.15, 0.2) is 42.5 Å². The number of sulfonamides is 1. The lowest BCUT2D eigenvalue weighted by atomic mass is 10.1. The zero-order valence-corrected chi connectivity index (χ0v) is 23.4. The molecule has 0 aromatic heterocycles. The highest BCUT2D eigenvalue weighted by atomic mass is 35.5. The first-order valence-electron chi connectivity index (χ1n) is 12.5. The molecule has 0 heterocycles. The molecule has 202 valence electrons. The molecule has 8 nitrogen and oxygen atoms in total. The SMILES string of the molecule is CC[C@H](C(=O)NC1CCCC1)N(Cc1ccc(OC)cc1)C(=O)CN(c1ccc(C)c(Cl)c1)S(C)(=O)=O. The number of aryl methyl sites for hydroxylation is 1. The third-order valence-corrected chi connectivity index (χ3v) is 8.27. The lowest BCUT2D eigenvalue weighted by molar-refractivity contribution is -0.140. The molecule has 2 aromatic carbocycles. The molecular weight excluding hydrogens is 514 g/mol. The summed E-state index contributed by atoms with van der Waals surface area (Å²) in [6, 6.07) is 11.4. The van der Waals surface area contributed by atoms with E-state index < -0.39 is 28.5 Å². The fourth-order valence-electron chi connectivity index (χ4n) is 4.57. The maximum atomic E-state index is 13.8. The van der Waals surface area contributed by atoms with Crippen molar-refractivity contribution in [3.63, 3.8) is 0 Å². The molecule has 0 spiro atoms. The van der Waals surface area contributed by atoms with Gasteiger partial charge in [0.05, 0.1) is 19.1 Å². The molecule has 0 bridgehead atoms. The van der Waals surface area contributed by atoms with Gasteiger partial charge >= 0.3 is 0 Å². The highest BCUT2D eigenvalue weighted by Gasteiger charge is 2.33. The van der Waals surface area contributed by atoms with Crippen LogP contribution in [-0.2, 0) is 26.2 Å². The van der Waals surface area contributed by atoms with Crippen molar-refractivity contribution in [1.82, 2.24) is 10.2 Å². The van der Waals surface area contributed by atoms with Gasteiger partial charge in [0, 0.05) is 17.6 Å². The molecule has 1 N–H and O–H groups in total. The van der Waals surface area contributed by atoms with Crippen LogP contribution < -0.4 is 14.4 Å². The van der Waals surface area contributed by atoms with Crippen LogP contribution >= 0.6 is 11.6 Å². The first-order chi connectivity index (χ1) is 17.5. The Morgan fingerprint density at radius 2 is 1.78 bits per heavy atom. The van der Waals surface area contributed by atoms with Gasteiger partial charge in [-0.1, -0.05) is 49.6 Å². The Hall–Kier alpha value is -2.78. The van der Waals surface area contributed by atoms with E-state index in [2.05, 4.69) is 5.32 Å². The van der Waals surface area contributed by atoms with Crippen molar-refractivity contribution in [2.24, 2.45) is 0 Å². The van der Waals surface area contributed by atoms with Gasteiger partial charge in [-0.3, -0.25) is 13.9 Å². The number of amides is 2. The fraction of sp³-hybridized carbons (Fsp3) is 0.481. The lowest BCUT2D eigenvalue weighted by Gasteiger charge is -2.33. The van der Waals surface area contributed by atoms with Crippen LogP contribution in [0.3, 0.4) is 0 Å². The smallest absolute Gasteiger partial charge is 0.244 e. The second kappa shape index (κ2) is 12.6. The third kappa shape index (κ3) is 7.61. The summed E-state index contributed by atoms with van der Waals surface area (Å²) in [5.74, 6) is -0.0287. The van der Waals surface area contributed by atoms with E-state index in [-0.39, 0.29) is 18.5 Å². The molecule has 1 fully saturated rings. The summed E-state index contributed by atoms with van der Waals surface area (Å²) in [5.41, 5.74) is 1.88. The van der Waals surface area contributed by atoms with Gasteiger partial charge < -0.3 is 15.0 Å². The second-order valence-corrected chi connectivity index (χ2v) is 11.8. The van der Waals surface area contributed by atoms with Crippen molar-refractivity contribution in [1.29, 1.82) is 0 Å². The van der Waals surface area contributed by atoms with Crippen LogP contribution in [0.4, 0.5) is 5.69 Å². The lowest BCUT2D eigenvalue weighted by Crippen LogP contribution is -2.53. The number of nitrogens with one attached hydrogen (secondary N) is 1. The van der Waals surface area contributed by atoms with Crippen molar-refractivity contribution < 1.29 is 22.7 Å². The first-order valence-corrected chi connectivity index (χ1v) is 14.7. The highest BCUT2D eigenvalue weighted by Crippen LogP contribution is 2.26. The molecule has 3 rings (SSSR count). The minimum atomic E-state index is -3.82. The molecule has 1 saturated carbocycles. The van der Waals surface area contributed by atoms with E-state index in [9.17, 15) is 18.0 Å². The van der Waals surface area contributed by atoms with E-state index in [0.29, 0.717) is 22.9 Å². The summed E-state index contributed by atoms with van der Waals surface area (Å²) in [6.45, 7) is 3.35. The standard InChI is InChI=1S/C27H36ClN3O5S/c1-5-25(27(33)29-21-8-6-7-9-21)30(17-20-11-14-23(36-3)15-12-20)26(32)18-31(37(4,34)35)22-13-10-19(2)24(28)16-22/h10-16,21,25H,5-9,17-18H2,1-4H3,(H,29,33)/t25-/m1/s1. The Labute approximate surface area is 225 Å². The van der Waals surface area contributed by atoms with Crippen molar-refractivity contribution in [2.45, 2.75) is 64.6 Å². The Morgan fingerprint density at radius 1 is 1.14 bits per heavy atom. The number of nitrogens with zero attached hydrogens (tertiary/aromatic N) is 2. The summed E-state index contributed by atoms with van der Waals surface area (Å²) in [7, 11) is -2.25. The summed E-state index contributed by atoms with van der Waals surface area (Å²) in [5, 5.41) is 3.50. The first kappa shape index (κ1) is 28.8. The zero-order chi connectivity index (χ0) is 27.2. The molecule has 0 aliphatic heterocycles. The Bertz CT molecular complexity index is 1200. The predicted octanol–water partition coefficient (Wildman–Crippen LogP) is 4.29. The number of methoxy groups -OCH3 is 1. The van der Waals surface area contributed by atoms with E-state index in [1.165, 1.54) is 11.0 Å².